The van der Waals surface area contributed by atoms with E-state index >= 15 is 0 Å². The van der Waals surface area contributed by atoms with Crippen LogP contribution in [0.25, 0.3) is 0 Å². The molecule has 0 nitrogen and oxygen atoms in total. The number of halogens is 3. The lowest BCUT2D eigenvalue weighted by Gasteiger charge is -1.98. The lowest BCUT2D eigenvalue weighted by atomic mass is 10.4. The average Bonchev–Trinajstić information content (AvgIpc) is 1.35. The predicted molar refractivity (Wildman–Crippen MR) is 16.3 cm³/mol. The van der Waals surface area contributed by atoms with E-state index in [1.165, 1.54) is 0 Å². The zero-order chi connectivity index (χ0) is 5.21. The fourth-order valence-electron chi connectivity index (χ4n) is 0. The Morgan fingerprint density at radius 1 is 1.50 bits per heavy atom. The minimum atomic E-state index is -3.38. The molecule has 0 fully saturated rings. The largest absolute Gasteiger partial charge is 0.276 e. The summed E-state index contributed by atoms with van der Waals surface area (Å²) in [4.78, 5) is 0. The van der Waals surface area contributed by atoms with Crippen molar-refractivity contribution in [2.75, 3.05) is 6.67 Å². The van der Waals surface area contributed by atoms with E-state index in [1.807, 2.05) is 0 Å². The zero-order valence-electron chi connectivity index (χ0n) is 3.05. The molecule has 0 aliphatic rings. The number of hydrogen-bond donors (Lipinski definition) is 0. The van der Waals surface area contributed by atoms with Gasteiger partial charge < -0.3 is 0 Å². The Bertz CT molecular complexity index is 35.8. The van der Waals surface area contributed by atoms with Crippen molar-refractivity contribution in [2.45, 2.75) is 5.92 Å². The van der Waals surface area contributed by atoms with Crippen LogP contribution in [-0.2, 0) is 0 Å². The topological polar surface area (TPSA) is 0 Å². The van der Waals surface area contributed by atoms with Crippen molar-refractivity contribution in [1.82, 2.24) is 0 Å². The first-order chi connectivity index (χ1) is 2.56. The van der Waals surface area contributed by atoms with Crippen LogP contribution in [-0.4, -0.2) is 12.6 Å². The Morgan fingerprint density at radius 2 is 1.67 bits per heavy atom. The van der Waals surface area contributed by atoms with Crippen molar-refractivity contribution < 1.29 is 13.2 Å². The van der Waals surface area contributed by atoms with Crippen LogP contribution in [0.4, 0.5) is 13.2 Å². The summed E-state index contributed by atoms with van der Waals surface area (Å²) in [7, 11) is 0. The third-order valence-electron chi connectivity index (χ3n) is 0.196. The molecule has 0 aromatic rings. The molecule has 0 unspecified atom stereocenters. The van der Waals surface area contributed by atoms with Gasteiger partial charge in [0.05, 0.1) is 0 Å². The molecule has 0 aliphatic carbocycles. The molecule has 0 bridgehead atoms. The van der Waals surface area contributed by atoms with Crippen molar-refractivity contribution in [3.63, 3.8) is 0 Å². The van der Waals surface area contributed by atoms with E-state index in [9.17, 15) is 13.2 Å². The third kappa shape index (κ3) is 3.79. The summed E-state index contributed by atoms with van der Waals surface area (Å²) in [6.45, 7) is 0.507. The van der Waals surface area contributed by atoms with Crippen LogP contribution in [0.3, 0.4) is 0 Å². The molecule has 0 N–H and O–H groups in total. The van der Waals surface area contributed by atoms with Gasteiger partial charge in [0, 0.05) is 6.92 Å². The Kier molecular flexibility index (Phi) is 1.44. The third-order valence-corrected chi connectivity index (χ3v) is 0.196. The summed E-state index contributed by atoms with van der Waals surface area (Å²) in [6.07, 6.45) is 0. The highest BCUT2D eigenvalue weighted by Crippen LogP contribution is 2.09. The van der Waals surface area contributed by atoms with Gasteiger partial charge in [0.15, 0.2) is 6.67 Å². The molecule has 0 aromatic heterocycles. The monoisotopic (exact) mass is 97.0 g/mol. The summed E-state index contributed by atoms with van der Waals surface area (Å²) in [5, 5.41) is 0. The predicted octanol–water partition coefficient (Wildman–Crippen LogP) is 1.43. The quantitative estimate of drug-likeness (QED) is 0.464. The lowest BCUT2D eigenvalue weighted by Crippen LogP contribution is -2.11. The van der Waals surface area contributed by atoms with Crippen LogP contribution in [0.15, 0.2) is 0 Å². The molecule has 0 atom stereocenters. The van der Waals surface area contributed by atoms with Crippen LogP contribution in [0, 0.1) is 6.92 Å². The summed E-state index contributed by atoms with van der Waals surface area (Å²) >= 11 is 0. The van der Waals surface area contributed by atoms with Crippen LogP contribution >= 0.6 is 0 Å². The van der Waals surface area contributed by atoms with E-state index in [0.29, 0.717) is 0 Å². The molecular weight excluding hydrogens is 93.0 g/mol. The Balaban J connectivity index is 3.17. The Labute approximate surface area is 34.0 Å². The molecule has 0 saturated carbocycles. The molecule has 0 amide bonds. The highest BCUT2D eigenvalue weighted by atomic mass is 19.3. The Hall–Kier alpha value is -0.210. The molecular formula is C3H4F3. The number of alkyl halides is 3. The standard InChI is InChI=1S/C3H4F3/c1-3(5,6)2-4/h1-2H2. The molecule has 0 heterocycles. The van der Waals surface area contributed by atoms with E-state index in [-0.39, 0.29) is 0 Å². The Morgan fingerprint density at radius 3 is 1.67 bits per heavy atom. The van der Waals surface area contributed by atoms with Crippen molar-refractivity contribution in [3.8, 4) is 0 Å². The maximum Gasteiger partial charge on any atom is 0.276 e. The first-order valence-electron chi connectivity index (χ1n) is 1.35. The second kappa shape index (κ2) is 1.49. The van der Waals surface area contributed by atoms with E-state index < -0.39 is 12.6 Å². The maximum atomic E-state index is 11.0. The highest BCUT2D eigenvalue weighted by Gasteiger charge is 2.19. The molecule has 0 rings (SSSR count). The van der Waals surface area contributed by atoms with Crippen LogP contribution in [0.2, 0.25) is 0 Å². The second-order valence-electron chi connectivity index (χ2n) is 0.990. The van der Waals surface area contributed by atoms with Gasteiger partial charge in [0.25, 0.3) is 5.92 Å². The molecule has 0 aromatic carbocycles. The highest BCUT2D eigenvalue weighted by molar-refractivity contribution is 4.64. The van der Waals surface area contributed by atoms with Gasteiger partial charge in [-0.2, -0.15) is 0 Å². The summed E-state index contributed by atoms with van der Waals surface area (Å²) in [6, 6.07) is 0. The average molecular weight is 97.1 g/mol. The minimum absolute atomic E-state index is 1.67. The van der Waals surface area contributed by atoms with E-state index in [2.05, 4.69) is 6.92 Å². The maximum absolute atomic E-state index is 11.0. The normalized spacial score (nSPS) is 12.0. The summed E-state index contributed by atoms with van der Waals surface area (Å²) in [5.41, 5.74) is 0. The minimum Gasteiger partial charge on any atom is -0.244 e. The van der Waals surface area contributed by atoms with Crippen LogP contribution in [0.1, 0.15) is 0 Å². The molecule has 0 saturated heterocycles. The van der Waals surface area contributed by atoms with Crippen molar-refractivity contribution in [3.05, 3.63) is 6.92 Å². The van der Waals surface area contributed by atoms with Crippen LogP contribution in [0.5, 0.6) is 0 Å². The van der Waals surface area contributed by atoms with Crippen LogP contribution < -0.4 is 0 Å². The van der Waals surface area contributed by atoms with Gasteiger partial charge in [-0.3, -0.25) is 0 Å². The van der Waals surface area contributed by atoms with Gasteiger partial charge in [-0.15, -0.1) is 0 Å². The van der Waals surface area contributed by atoms with Gasteiger partial charge >= 0.3 is 0 Å². The molecule has 0 aliphatic heterocycles. The smallest absolute Gasteiger partial charge is 0.244 e. The molecule has 37 valence electrons. The van der Waals surface area contributed by atoms with Crippen molar-refractivity contribution >= 4 is 0 Å². The van der Waals surface area contributed by atoms with E-state index in [4.69, 9.17) is 0 Å². The van der Waals surface area contributed by atoms with Crippen molar-refractivity contribution in [2.24, 2.45) is 0 Å². The number of hydrogen-bond acceptors (Lipinski definition) is 0. The van der Waals surface area contributed by atoms with Crippen molar-refractivity contribution in [1.29, 1.82) is 0 Å². The van der Waals surface area contributed by atoms with E-state index in [1.54, 1.807) is 0 Å². The summed E-state index contributed by atoms with van der Waals surface area (Å²) < 4.78 is 32.6. The molecule has 6 heavy (non-hydrogen) atoms. The molecule has 3 heteroatoms. The fraction of sp³-hybridized carbons (Fsp3) is 0.667. The fourth-order valence-corrected chi connectivity index (χ4v) is 0. The molecule has 1 radical (unpaired) electrons. The number of rotatable bonds is 1. The van der Waals surface area contributed by atoms with E-state index in [0.717, 1.165) is 0 Å². The first-order valence-corrected chi connectivity index (χ1v) is 1.35. The van der Waals surface area contributed by atoms with Gasteiger partial charge in [0.2, 0.25) is 0 Å². The first kappa shape index (κ1) is 5.79. The second-order valence-corrected chi connectivity index (χ2v) is 0.990. The molecule has 0 spiro atoms. The summed E-state index contributed by atoms with van der Waals surface area (Å²) in [5.74, 6) is -3.38. The van der Waals surface area contributed by atoms with Gasteiger partial charge in [-0.1, -0.05) is 0 Å². The van der Waals surface area contributed by atoms with Gasteiger partial charge in [-0.25, -0.2) is 13.2 Å². The zero-order valence-corrected chi connectivity index (χ0v) is 3.05. The SMILES string of the molecule is [CH2]C(F)(F)CF. The van der Waals surface area contributed by atoms with Gasteiger partial charge in [-0.05, 0) is 0 Å². The lowest BCUT2D eigenvalue weighted by molar-refractivity contribution is 0.0245. The van der Waals surface area contributed by atoms with Gasteiger partial charge in [0.1, 0.15) is 0 Å².